The van der Waals surface area contributed by atoms with E-state index in [1.54, 1.807) is 7.11 Å². The van der Waals surface area contributed by atoms with Gasteiger partial charge in [-0.25, -0.2) is 0 Å². The van der Waals surface area contributed by atoms with Crippen molar-refractivity contribution in [3.8, 4) is 0 Å². The van der Waals surface area contributed by atoms with E-state index < -0.39 is 0 Å². The van der Waals surface area contributed by atoms with E-state index in [4.69, 9.17) is 9.47 Å². The maximum absolute atomic E-state index is 5.34. The number of benzene rings is 1. The van der Waals surface area contributed by atoms with Gasteiger partial charge in [0, 0.05) is 7.11 Å². The van der Waals surface area contributed by atoms with Crippen LogP contribution in [0.25, 0.3) is 0 Å². The van der Waals surface area contributed by atoms with Gasteiger partial charge in [0.15, 0.2) is 0 Å². The molecule has 0 saturated heterocycles. The van der Waals surface area contributed by atoms with Crippen LogP contribution in [0.15, 0.2) is 24.3 Å². The Balaban J connectivity index is 2.07. The molecule has 0 unspecified atom stereocenters. The Bertz CT molecular complexity index is 209. The van der Waals surface area contributed by atoms with E-state index in [-0.39, 0.29) is 0 Å². The lowest BCUT2D eigenvalue weighted by molar-refractivity contribution is 0.0722. The van der Waals surface area contributed by atoms with Gasteiger partial charge in [-0.2, -0.15) is 0 Å². The number of hydrogen-bond donors (Lipinski definition) is 0. The molecule has 71 valence electrons. The quantitative estimate of drug-likeness (QED) is 0.619. The lowest BCUT2D eigenvalue weighted by Gasteiger charge is -2.02. The molecular formula is C11H15O2. The molecule has 2 heteroatoms. The summed E-state index contributed by atoms with van der Waals surface area (Å²) in [5, 5.41) is 0. The van der Waals surface area contributed by atoms with Gasteiger partial charge in [0.05, 0.1) is 19.8 Å². The predicted molar refractivity (Wildman–Crippen MR) is 51.7 cm³/mol. The first-order valence-electron chi connectivity index (χ1n) is 4.45. The SMILES string of the molecule is COCCOCCc1cc[c]cc1. The van der Waals surface area contributed by atoms with Crippen LogP contribution in [-0.4, -0.2) is 26.9 Å². The highest BCUT2D eigenvalue weighted by Gasteiger charge is 1.91. The minimum atomic E-state index is 0.669. The summed E-state index contributed by atoms with van der Waals surface area (Å²) in [6.07, 6.45) is 0.957. The van der Waals surface area contributed by atoms with Gasteiger partial charge in [0.1, 0.15) is 0 Å². The third kappa shape index (κ3) is 4.65. The van der Waals surface area contributed by atoms with E-state index in [2.05, 4.69) is 18.2 Å². The molecule has 0 fully saturated rings. The Morgan fingerprint density at radius 1 is 1.15 bits per heavy atom. The van der Waals surface area contributed by atoms with Crippen LogP contribution in [0.5, 0.6) is 0 Å². The number of methoxy groups -OCH3 is 1. The van der Waals surface area contributed by atoms with Crippen molar-refractivity contribution in [1.82, 2.24) is 0 Å². The first-order chi connectivity index (χ1) is 6.43. The van der Waals surface area contributed by atoms with E-state index in [9.17, 15) is 0 Å². The van der Waals surface area contributed by atoms with Crippen molar-refractivity contribution in [3.05, 3.63) is 35.9 Å². The second kappa shape index (κ2) is 6.63. The van der Waals surface area contributed by atoms with Gasteiger partial charge in [-0.05, 0) is 18.1 Å². The number of hydrogen-bond acceptors (Lipinski definition) is 2. The van der Waals surface area contributed by atoms with Gasteiger partial charge in [-0.3, -0.25) is 0 Å². The first kappa shape index (κ1) is 10.2. The van der Waals surface area contributed by atoms with E-state index in [0.717, 1.165) is 13.0 Å². The van der Waals surface area contributed by atoms with Crippen molar-refractivity contribution in [1.29, 1.82) is 0 Å². The van der Waals surface area contributed by atoms with Crippen LogP contribution in [0.2, 0.25) is 0 Å². The molecule has 0 spiro atoms. The maximum atomic E-state index is 5.34. The molecular weight excluding hydrogens is 164 g/mol. The lowest BCUT2D eigenvalue weighted by Crippen LogP contribution is -2.04. The average molecular weight is 179 g/mol. The van der Waals surface area contributed by atoms with Gasteiger partial charge in [0.25, 0.3) is 0 Å². The van der Waals surface area contributed by atoms with Crippen molar-refractivity contribution < 1.29 is 9.47 Å². The summed E-state index contributed by atoms with van der Waals surface area (Å²) >= 11 is 0. The largest absolute Gasteiger partial charge is 0.382 e. The minimum Gasteiger partial charge on any atom is -0.382 e. The molecule has 0 N–H and O–H groups in total. The Hall–Kier alpha value is -0.860. The smallest absolute Gasteiger partial charge is 0.0700 e. The van der Waals surface area contributed by atoms with Crippen LogP contribution in [0.4, 0.5) is 0 Å². The van der Waals surface area contributed by atoms with Crippen LogP contribution >= 0.6 is 0 Å². The molecule has 0 heterocycles. The fourth-order valence-electron chi connectivity index (χ4n) is 1.02. The van der Waals surface area contributed by atoms with E-state index in [0.29, 0.717) is 13.2 Å². The first-order valence-corrected chi connectivity index (χ1v) is 4.45. The second-order valence-corrected chi connectivity index (χ2v) is 2.76. The topological polar surface area (TPSA) is 18.5 Å². The van der Waals surface area contributed by atoms with Gasteiger partial charge < -0.3 is 9.47 Å². The monoisotopic (exact) mass is 179 g/mol. The van der Waals surface area contributed by atoms with E-state index in [1.165, 1.54) is 5.56 Å². The third-order valence-corrected chi connectivity index (χ3v) is 1.75. The highest BCUT2D eigenvalue weighted by atomic mass is 16.5. The molecule has 0 atom stereocenters. The summed E-state index contributed by atoms with van der Waals surface area (Å²) in [7, 11) is 1.68. The lowest BCUT2D eigenvalue weighted by atomic mass is 10.2. The number of ether oxygens (including phenoxy) is 2. The molecule has 1 aromatic rings. The maximum Gasteiger partial charge on any atom is 0.0700 e. The normalized spacial score (nSPS) is 10.2. The molecule has 0 saturated carbocycles. The highest BCUT2D eigenvalue weighted by Crippen LogP contribution is 1.98. The Kier molecular flexibility index (Phi) is 5.22. The van der Waals surface area contributed by atoms with Crippen molar-refractivity contribution in [2.75, 3.05) is 26.9 Å². The van der Waals surface area contributed by atoms with E-state index in [1.807, 2.05) is 12.1 Å². The molecule has 1 radical (unpaired) electrons. The van der Waals surface area contributed by atoms with E-state index >= 15 is 0 Å². The molecule has 0 bridgehead atoms. The average Bonchev–Trinajstić information content (AvgIpc) is 2.19. The third-order valence-electron chi connectivity index (χ3n) is 1.75. The van der Waals surface area contributed by atoms with Crippen LogP contribution in [0.1, 0.15) is 5.56 Å². The molecule has 0 aliphatic carbocycles. The Labute approximate surface area is 79.5 Å². The van der Waals surface area contributed by atoms with Gasteiger partial charge in [0.2, 0.25) is 0 Å². The van der Waals surface area contributed by atoms with Crippen LogP contribution in [-0.2, 0) is 15.9 Å². The molecule has 13 heavy (non-hydrogen) atoms. The zero-order valence-electron chi connectivity index (χ0n) is 7.95. The van der Waals surface area contributed by atoms with Crippen LogP contribution < -0.4 is 0 Å². The fraction of sp³-hybridized carbons (Fsp3) is 0.455. The summed E-state index contributed by atoms with van der Waals surface area (Å²) in [6, 6.07) is 10.9. The standard InChI is InChI=1S/C11H15O2/c1-12-9-10-13-8-7-11-5-3-2-4-6-11/h3-6H,7-10H2,1H3. The highest BCUT2D eigenvalue weighted by molar-refractivity contribution is 5.13. The summed E-state index contributed by atoms with van der Waals surface area (Å²) < 4.78 is 10.2. The van der Waals surface area contributed by atoms with Crippen LogP contribution in [0, 0.1) is 6.07 Å². The zero-order valence-corrected chi connectivity index (χ0v) is 7.95. The minimum absolute atomic E-state index is 0.669. The molecule has 1 aromatic carbocycles. The molecule has 0 aliphatic rings. The summed E-state index contributed by atoms with van der Waals surface area (Å²) in [5.74, 6) is 0. The van der Waals surface area contributed by atoms with Gasteiger partial charge in [-0.1, -0.05) is 24.3 Å². The molecule has 0 amide bonds. The van der Waals surface area contributed by atoms with Gasteiger partial charge in [-0.15, -0.1) is 0 Å². The second-order valence-electron chi connectivity index (χ2n) is 2.76. The zero-order chi connectivity index (χ0) is 9.36. The molecule has 0 aromatic heterocycles. The summed E-state index contributed by atoms with van der Waals surface area (Å²) in [6.45, 7) is 2.10. The molecule has 1 rings (SSSR count). The number of rotatable bonds is 6. The summed E-state index contributed by atoms with van der Waals surface area (Å²) in [5.41, 5.74) is 1.29. The van der Waals surface area contributed by atoms with Crippen molar-refractivity contribution in [3.63, 3.8) is 0 Å². The Morgan fingerprint density at radius 2 is 1.92 bits per heavy atom. The fourth-order valence-corrected chi connectivity index (χ4v) is 1.02. The van der Waals surface area contributed by atoms with Crippen molar-refractivity contribution >= 4 is 0 Å². The molecule has 2 nitrogen and oxygen atoms in total. The Morgan fingerprint density at radius 3 is 2.62 bits per heavy atom. The predicted octanol–water partition coefficient (Wildman–Crippen LogP) is 1.69. The van der Waals surface area contributed by atoms with Crippen molar-refractivity contribution in [2.24, 2.45) is 0 Å². The summed E-state index contributed by atoms with van der Waals surface area (Å²) in [4.78, 5) is 0. The van der Waals surface area contributed by atoms with Gasteiger partial charge >= 0.3 is 0 Å². The van der Waals surface area contributed by atoms with Crippen LogP contribution in [0.3, 0.4) is 0 Å². The molecule has 0 aliphatic heterocycles. The van der Waals surface area contributed by atoms with Crippen molar-refractivity contribution in [2.45, 2.75) is 6.42 Å².